The highest BCUT2D eigenvalue weighted by Gasteiger charge is 2.11. The van der Waals surface area contributed by atoms with Crippen molar-refractivity contribution in [2.45, 2.75) is 24.8 Å². The Bertz CT molecular complexity index is 584. The molecule has 1 amide bonds. The number of rotatable bonds is 5. The van der Waals surface area contributed by atoms with Gasteiger partial charge < -0.3 is 5.32 Å². The number of carbonyl (C=O) groups is 1. The van der Waals surface area contributed by atoms with Gasteiger partial charge in [0, 0.05) is 14.2 Å². The van der Waals surface area contributed by atoms with Crippen LogP contribution in [0.1, 0.15) is 23.4 Å². The van der Waals surface area contributed by atoms with Crippen LogP contribution in [-0.4, -0.2) is 11.7 Å². The standard InChI is InChI=1S/C15H16BrNOS2/c1-10-8-12(16)5-6-13(10)20-9-15(18)17-11(2)14-4-3-7-19-14/h3-8,11H,9H2,1-2H3,(H,17,18). The highest BCUT2D eigenvalue weighted by atomic mass is 79.9. The van der Waals surface area contributed by atoms with Crippen molar-refractivity contribution in [2.75, 3.05) is 5.75 Å². The van der Waals surface area contributed by atoms with Crippen LogP contribution in [-0.2, 0) is 4.79 Å². The first kappa shape index (κ1) is 15.6. The molecule has 1 N–H and O–H groups in total. The molecule has 106 valence electrons. The van der Waals surface area contributed by atoms with Crippen molar-refractivity contribution >= 4 is 44.9 Å². The van der Waals surface area contributed by atoms with Gasteiger partial charge in [0.25, 0.3) is 0 Å². The normalized spacial score (nSPS) is 12.2. The summed E-state index contributed by atoms with van der Waals surface area (Å²) < 4.78 is 1.06. The summed E-state index contributed by atoms with van der Waals surface area (Å²) >= 11 is 6.68. The molecular weight excluding hydrogens is 354 g/mol. The van der Waals surface area contributed by atoms with E-state index in [9.17, 15) is 4.79 Å². The predicted octanol–water partition coefficient (Wildman–Crippen LogP) is 4.79. The summed E-state index contributed by atoms with van der Waals surface area (Å²) in [5.41, 5.74) is 1.18. The lowest BCUT2D eigenvalue weighted by atomic mass is 10.2. The maximum atomic E-state index is 12.0. The first-order chi connectivity index (χ1) is 9.56. The summed E-state index contributed by atoms with van der Waals surface area (Å²) in [7, 11) is 0. The topological polar surface area (TPSA) is 29.1 Å². The number of hydrogen-bond acceptors (Lipinski definition) is 3. The second kappa shape index (κ2) is 7.29. The molecule has 0 saturated carbocycles. The van der Waals surface area contributed by atoms with Gasteiger partial charge >= 0.3 is 0 Å². The number of thioether (sulfide) groups is 1. The van der Waals surface area contributed by atoms with Crippen molar-refractivity contribution in [3.8, 4) is 0 Å². The Hall–Kier alpha value is -0.780. The largest absolute Gasteiger partial charge is 0.348 e. The lowest BCUT2D eigenvalue weighted by molar-refractivity contribution is -0.119. The molecule has 1 aromatic carbocycles. The summed E-state index contributed by atoms with van der Waals surface area (Å²) in [6.07, 6.45) is 0. The number of aryl methyl sites for hydroxylation is 1. The summed E-state index contributed by atoms with van der Waals surface area (Å²) in [5.74, 6) is 0.510. The molecule has 5 heteroatoms. The fourth-order valence-corrected chi connectivity index (χ4v) is 3.84. The highest BCUT2D eigenvalue weighted by molar-refractivity contribution is 9.10. The minimum atomic E-state index is 0.0678. The van der Waals surface area contributed by atoms with Gasteiger partial charge in [-0.2, -0.15) is 0 Å². The molecule has 0 saturated heterocycles. The Balaban J connectivity index is 1.86. The number of nitrogens with one attached hydrogen (secondary N) is 1. The second-order valence-corrected chi connectivity index (χ2v) is 7.42. The third-order valence-corrected chi connectivity index (χ3v) is 5.57. The van der Waals surface area contributed by atoms with Crippen LogP contribution in [0.15, 0.2) is 45.1 Å². The Morgan fingerprint density at radius 3 is 2.90 bits per heavy atom. The number of carbonyl (C=O) groups excluding carboxylic acids is 1. The second-order valence-electron chi connectivity index (χ2n) is 4.50. The molecule has 0 fully saturated rings. The monoisotopic (exact) mass is 369 g/mol. The third kappa shape index (κ3) is 4.36. The first-order valence-electron chi connectivity index (χ1n) is 6.28. The van der Waals surface area contributed by atoms with Crippen LogP contribution in [0.2, 0.25) is 0 Å². The average Bonchev–Trinajstić information content (AvgIpc) is 2.91. The van der Waals surface area contributed by atoms with Crippen molar-refractivity contribution in [1.82, 2.24) is 5.32 Å². The van der Waals surface area contributed by atoms with Gasteiger partial charge in [-0.15, -0.1) is 23.1 Å². The van der Waals surface area contributed by atoms with Crippen molar-refractivity contribution < 1.29 is 4.79 Å². The van der Waals surface area contributed by atoms with E-state index in [1.54, 1.807) is 23.1 Å². The molecular formula is C15H16BrNOS2. The molecule has 1 aromatic heterocycles. The van der Waals surface area contributed by atoms with E-state index < -0.39 is 0 Å². The summed E-state index contributed by atoms with van der Waals surface area (Å²) in [4.78, 5) is 14.3. The van der Waals surface area contributed by atoms with E-state index in [2.05, 4.69) is 34.2 Å². The number of benzene rings is 1. The minimum absolute atomic E-state index is 0.0678. The Morgan fingerprint density at radius 2 is 2.25 bits per heavy atom. The fourth-order valence-electron chi connectivity index (χ4n) is 1.81. The summed E-state index contributed by atoms with van der Waals surface area (Å²) in [6, 6.07) is 10.2. The summed E-state index contributed by atoms with van der Waals surface area (Å²) in [6.45, 7) is 4.07. The average molecular weight is 370 g/mol. The molecule has 1 atom stereocenters. The fraction of sp³-hybridized carbons (Fsp3) is 0.267. The van der Waals surface area contributed by atoms with E-state index in [0.717, 1.165) is 9.37 Å². The van der Waals surface area contributed by atoms with Crippen molar-refractivity contribution in [1.29, 1.82) is 0 Å². The zero-order valence-corrected chi connectivity index (χ0v) is 14.6. The van der Waals surface area contributed by atoms with Gasteiger partial charge in [0.1, 0.15) is 0 Å². The van der Waals surface area contributed by atoms with E-state index in [4.69, 9.17) is 0 Å². The SMILES string of the molecule is Cc1cc(Br)ccc1SCC(=O)NC(C)c1cccs1. The van der Waals surface area contributed by atoms with Crippen LogP contribution in [0.3, 0.4) is 0 Å². The van der Waals surface area contributed by atoms with Crippen LogP contribution >= 0.6 is 39.0 Å². The molecule has 0 bridgehead atoms. The van der Waals surface area contributed by atoms with Gasteiger partial charge in [0.15, 0.2) is 0 Å². The van der Waals surface area contributed by atoms with E-state index in [0.29, 0.717) is 5.75 Å². The van der Waals surface area contributed by atoms with Crippen molar-refractivity contribution in [3.05, 3.63) is 50.6 Å². The third-order valence-electron chi connectivity index (χ3n) is 2.84. The Labute approximate surface area is 136 Å². The summed E-state index contributed by atoms with van der Waals surface area (Å²) in [5, 5.41) is 5.05. The lowest BCUT2D eigenvalue weighted by Gasteiger charge is -2.12. The predicted molar refractivity (Wildman–Crippen MR) is 90.5 cm³/mol. The number of thiophene rings is 1. The zero-order valence-electron chi connectivity index (χ0n) is 11.4. The van der Waals surface area contributed by atoms with Gasteiger partial charge in [-0.05, 0) is 49.1 Å². The van der Waals surface area contributed by atoms with Crippen molar-refractivity contribution in [3.63, 3.8) is 0 Å². The molecule has 0 aliphatic carbocycles. The first-order valence-corrected chi connectivity index (χ1v) is 8.94. The molecule has 0 aliphatic rings. The van der Waals surface area contributed by atoms with Gasteiger partial charge in [0.05, 0.1) is 11.8 Å². The van der Waals surface area contributed by atoms with E-state index >= 15 is 0 Å². The van der Waals surface area contributed by atoms with E-state index in [-0.39, 0.29) is 11.9 Å². The van der Waals surface area contributed by atoms with Crippen LogP contribution in [0.4, 0.5) is 0 Å². The Kier molecular flexibility index (Phi) is 5.69. The van der Waals surface area contributed by atoms with Gasteiger partial charge in [-0.3, -0.25) is 4.79 Å². The molecule has 1 heterocycles. The van der Waals surface area contributed by atoms with E-state index in [1.165, 1.54) is 10.4 Å². The Morgan fingerprint density at radius 1 is 1.45 bits per heavy atom. The molecule has 2 rings (SSSR count). The van der Waals surface area contributed by atoms with Crippen LogP contribution in [0.25, 0.3) is 0 Å². The van der Waals surface area contributed by atoms with Crippen LogP contribution in [0.5, 0.6) is 0 Å². The van der Waals surface area contributed by atoms with E-state index in [1.807, 2.05) is 36.6 Å². The smallest absolute Gasteiger partial charge is 0.230 e. The van der Waals surface area contributed by atoms with Gasteiger partial charge in [-0.25, -0.2) is 0 Å². The molecule has 0 spiro atoms. The highest BCUT2D eigenvalue weighted by Crippen LogP contribution is 2.25. The van der Waals surface area contributed by atoms with Crippen LogP contribution in [0, 0.1) is 6.92 Å². The lowest BCUT2D eigenvalue weighted by Crippen LogP contribution is -2.27. The molecule has 2 nitrogen and oxygen atoms in total. The molecule has 1 unspecified atom stereocenters. The van der Waals surface area contributed by atoms with Crippen molar-refractivity contribution in [2.24, 2.45) is 0 Å². The maximum absolute atomic E-state index is 12.0. The quantitative estimate of drug-likeness (QED) is 0.767. The van der Waals surface area contributed by atoms with Crippen LogP contribution < -0.4 is 5.32 Å². The molecule has 2 aromatic rings. The molecule has 0 aliphatic heterocycles. The van der Waals surface area contributed by atoms with Gasteiger partial charge in [0.2, 0.25) is 5.91 Å². The minimum Gasteiger partial charge on any atom is -0.348 e. The molecule has 20 heavy (non-hydrogen) atoms. The van der Waals surface area contributed by atoms with Gasteiger partial charge in [-0.1, -0.05) is 22.0 Å². The number of halogens is 1. The molecule has 0 radical (unpaired) electrons. The zero-order chi connectivity index (χ0) is 14.5. The number of amides is 1. The maximum Gasteiger partial charge on any atom is 0.230 e. The number of hydrogen-bond donors (Lipinski definition) is 1.